The molecule has 0 spiro atoms. The highest BCUT2D eigenvalue weighted by molar-refractivity contribution is 7.89. The molecule has 28 heavy (non-hydrogen) atoms. The minimum Gasteiger partial charge on any atom is -0.489 e. The summed E-state index contributed by atoms with van der Waals surface area (Å²) < 4.78 is 34.7. The molecule has 2 N–H and O–H groups in total. The lowest BCUT2D eigenvalue weighted by Gasteiger charge is -2.20. The molecule has 148 valence electrons. The van der Waals surface area contributed by atoms with Gasteiger partial charge in [-0.25, -0.2) is 13.1 Å². The maximum atomic E-state index is 12.8. The van der Waals surface area contributed by atoms with Crippen LogP contribution in [-0.2, 0) is 21.2 Å². The Labute approximate surface area is 164 Å². The molecule has 0 bridgehead atoms. The van der Waals surface area contributed by atoms with Crippen LogP contribution < -0.4 is 9.46 Å². The van der Waals surface area contributed by atoms with E-state index in [0.717, 1.165) is 28.9 Å². The lowest BCUT2D eigenvalue weighted by atomic mass is 9.92. The first-order chi connectivity index (χ1) is 13.3. The van der Waals surface area contributed by atoms with Crippen LogP contribution in [0.25, 0.3) is 0 Å². The monoisotopic (exact) mass is 401 g/mol. The van der Waals surface area contributed by atoms with Crippen LogP contribution in [0.5, 0.6) is 5.75 Å². The highest BCUT2D eigenvalue weighted by Gasteiger charge is 2.46. The van der Waals surface area contributed by atoms with Gasteiger partial charge in [0.15, 0.2) is 0 Å². The van der Waals surface area contributed by atoms with Crippen LogP contribution in [0.2, 0.25) is 0 Å². The Morgan fingerprint density at radius 3 is 2.64 bits per heavy atom. The highest BCUT2D eigenvalue weighted by Crippen LogP contribution is 2.49. The summed E-state index contributed by atoms with van der Waals surface area (Å²) in [6.45, 7) is 1.92. The summed E-state index contributed by atoms with van der Waals surface area (Å²) in [7, 11) is -3.62. The molecule has 1 fully saturated rings. The second kappa shape index (κ2) is 7.22. The topological polar surface area (TPSA) is 92.7 Å². The number of carbonyl (C=O) groups is 1. The van der Waals surface area contributed by atoms with Crippen molar-refractivity contribution < 1.29 is 23.1 Å². The minimum atomic E-state index is -3.62. The number of carboxylic acids is 1. The largest absolute Gasteiger partial charge is 0.489 e. The minimum absolute atomic E-state index is 0.0403. The highest BCUT2D eigenvalue weighted by atomic mass is 32.2. The molecule has 3 unspecified atom stereocenters. The number of sulfonamides is 1. The summed E-state index contributed by atoms with van der Waals surface area (Å²) in [6, 6.07) is 12.3. The molecule has 0 amide bonds. The van der Waals surface area contributed by atoms with Gasteiger partial charge in [0.25, 0.3) is 0 Å². The van der Waals surface area contributed by atoms with Gasteiger partial charge in [-0.15, -0.1) is 0 Å². The van der Waals surface area contributed by atoms with Crippen LogP contribution >= 0.6 is 0 Å². The van der Waals surface area contributed by atoms with Crippen molar-refractivity contribution >= 4 is 16.0 Å². The normalized spacial score (nSPS) is 23.1. The standard InChI is InChI=1S/C21H23NO5S/c1-13-5-8-15(9-6-13)28(25,26)22-17-10-11-18-20(17)16-4-2-3-14(21(16)27-18)7-12-19(23)24/h2-6,8-9,17-18,20,22H,7,10-12H2,1H3,(H,23,24). The van der Waals surface area contributed by atoms with Gasteiger partial charge in [-0.05, 0) is 43.9 Å². The Morgan fingerprint density at radius 2 is 1.93 bits per heavy atom. The molecule has 2 aromatic carbocycles. The molecule has 1 saturated carbocycles. The first kappa shape index (κ1) is 19.0. The van der Waals surface area contributed by atoms with Crippen LogP contribution in [0.1, 0.15) is 41.9 Å². The molecule has 1 aliphatic carbocycles. The average Bonchev–Trinajstić information content (AvgIpc) is 3.20. The molecule has 2 aromatic rings. The van der Waals surface area contributed by atoms with E-state index in [0.29, 0.717) is 12.8 Å². The van der Waals surface area contributed by atoms with Crippen molar-refractivity contribution in [3.05, 3.63) is 59.2 Å². The molecule has 2 aliphatic rings. The van der Waals surface area contributed by atoms with E-state index in [2.05, 4.69) is 4.72 Å². The second-order valence-electron chi connectivity index (χ2n) is 7.53. The Balaban J connectivity index is 1.58. The van der Waals surface area contributed by atoms with Crippen LogP contribution in [0.15, 0.2) is 47.4 Å². The quantitative estimate of drug-likeness (QED) is 0.776. The van der Waals surface area contributed by atoms with Crippen molar-refractivity contribution in [1.29, 1.82) is 0 Å². The van der Waals surface area contributed by atoms with E-state index in [1.54, 1.807) is 24.3 Å². The first-order valence-electron chi connectivity index (χ1n) is 9.44. The number of rotatable bonds is 6. The fraction of sp³-hybridized carbons (Fsp3) is 0.381. The van der Waals surface area contributed by atoms with Crippen LogP contribution in [0.3, 0.4) is 0 Å². The Morgan fingerprint density at radius 1 is 1.18 bits per heavy atom. The number of aliphatic carboxylic acids is 1. The summed E-state index contributed by atoms with van der Waals surface area (Å²) >= 11 is 0. The molecule has 0 radical (unpaired) electrons. The van der Waals surface area contributed by atoms with E-state index in [-0.39, 0.29) is 29.4 Å². The maximum Gasteiger partial charge on any atom is 0.303 e. The first-order valence-corrected chi connectivity index (χ1v) is 10.9. The number of nitrogens with one attached hydrogen (secondary N) is 1. The number of aryl methyl sites for hydroxylation is 2. The number of benzene rings is 2. The van der Waals surface area contributed by atoms with Crippen molar-refractivity contribution in [1.82, 2.24) is 4.72 Å². The zero-order valence-electron chi connectivity index (χ0n) is 15.6. The zero-order valence-corrected chi connectivity index (χ0v) is 16.4. The van der Waals surface area contributed by atoms with Crippen molar-refractivity contribution in [3.63, 3.8) is 0 Å². The predicted molar refractivity (Wildman–Crippen MR) is 104 cm³/mol. The average molecular weight is 401 g/mol. The molecule has 6 nitrogen and oxygen atoms in total. The molecule has 1 aliphatic heterocycles. The third-order valence-corrected chi connectivity index (χ3v) is 7.10. The number of hydrogen-bond acceptors (Lipinski definition) is 4. The lowest BCUT2D eigenvalue weighted by Crippen LogP contribution is -2.37. The van der Waals surface area contributed by atoms with E-state index < -0.39 is 16.0 Å². The smallest absolute Gasteiger partial charge is 0.303 e. The van der Waals surface area contributed by atoms with Gasteiger partial charge in [0, 0.05) is 23.9 Å². The Bertz CT molecular complexity index is 1000. The molecular weight excluding hydrogens is 378 g/mol. The number of fused-ring (bicyclic) bond motifs is 3. The van der Waals surface area contributed by atoms with Gasteiger partial charge in [-0.2, -0.15) is 0 Å². The Hall–Kier alpha value is -2.38. The van der Waals surface area contributed by atoms with Gasteiger partial charge < -0.3 is 9.84 Å². The van der Waals surface area contributed by atoms with Crippen LogP contribution in [0.4, 0.5) is 0 Å². The van der Waals surface area contributed by atoms with E-state index >= 15 is 0 Å². The molecule has 0 saturated heterocycles. The number of ether oxygens (including phenoxy) is 1. The van der Waals surface area contributed by atoms with Gasteiger partial charge in [-0.3, -0.25) is 4.79 Å². The van der Waals surface area contributed by atoms with Gasteiger partial charge in [-0.1, -0.05) is 35.9 Å². The van der Waals surface area contributed by atoms with Crippen molar-refractivity contribution in [2.45, 2.75) is 55.6 Å². The Kier molecular flexibility index (Phi) is 4.89. The molecule has 1 heterocycles. The number of para-hydroxylation sites is 1. The van der Waals surface area contributed by atoms with E-state index in [4.69, 9.17) is 9.84 Å². The van der Waals surface area contributed by atoms with Crippen molar-refractivity contribution in [2.75, 3.05) is 0 Å². The van der Waals surface area contributed by atoms with Gasteiger partial charge >= 0.3 is 5.97 Å². The van der Waals surface area contributed by atoms with Gasteiger partial charge in [0.05, 0.1) is 4.90 Å². The van der Waals surface area contributed by atoms with E-state index in [1.165, 1.54) is 0 Å². The van der Waals surface area contributed by atoms with Gasteiger partial charge in [0.1, 0.15) is 11.9 Å². The summed E-state index contributed by atoms with van der Waals surface area (Å²) in [6.07, 6.45) is 1.83. The fourth-order valence-corrected chi connectivity index (χ4v) is 5.52. The van der Waals surface area contributed by atoms with Crippen LogP contribution in [0, 0.1) is 6.92 Å². The molecule has 4 rings (SSSR count). The summed E-state index contributed by atoms with van der Waals surface area (Å²) in [5.41, 5.74) is 2.85. The van der Waals surface area contributed by atoms with E-state index in [1.807, 2.05) is 25.1 Å². The van der Waals surface area contributed by atoms with Crippen LogP contribution in [-0.4, -0.2) is 31.6 Å². The maximum absolute atomic E-state index is 12.8. The molecule has 0 aromatic heterocycles. The van der Waals surface area contributed by atoms with Crippen molar-refractivity contribution in [2.24, 2.45) is 0 Å². The SMILES string of the molecule is Cc1ccc(S(=O)(=O)NC2CCC3Oc4c(CCC(=O)O)cccc4C23)cc1. The van der Waals surface area contributed by atoms with E-state index in [9.17, 15) is 13.2 Å². The zero-order chi connectivity index (χ0) is 19.9. The predicted octanol–water partition coefficient (Wildman–Crippen LogP) is 3.00. The number of hydrogen-bond donors (Lipinski definition) is 2. The third-order valence-electron chi connectivity index (χ3n) is 5.60. The van der Waals surface area contributed by atoms with Crippen molar-refractivity contribution in [3.8, 4) is 5.75 Å². The lowest BCUT2D eigenvalue weighted by molar-refractivity contribution is -0.136. The third kappa shape index (κ3) is 3.52. The molecular formula is C21H23NO5S. The molecule has 3 atom stereocenters. The summed E-state index contributed by atoms with van der Waals surface area (Å²) in [4.78, 5) is 11.2. The fourth-order valence-electron chi connectivity index (χ4n) is 4.23. The summed E-state index contributed by atoms with van der Waals surface area (Å²) in [5.74, 6) is -0.169. The summed E-state index contributed by atoms with van der Waals surface area (Å²) in [5, 5.41) is 8.96. The second-order valence-corrected chi connectivity index (χ2v) is 9.24. The molecule has 7 heteroatoms. The van der Waals surface area contributed by atoms with Gasteiger partial charge in [0.2, 0.25) is 10.0 Å². The number of carboxylic acid groups (broad SMARTS) is 1.